The smallest absolute Gasteiger partial charge is 0.407 e. The lowest BCUT2D eigenvalue weighted by Crippen LogP contribution is -2.43. The molecule has 2 amide bonds. The first kappa shape index (κ1) is 8.34. The molecular formula is C8H12N2O3. The largest absolute Gasteiger partial charge is 0.465 e. The van der Waals surface area contributed by atoms with Gasteiger partial charge < -0.3 is 15.3 Å². The zero-order valence-electron chi connectivity index (χ0n) is 7.19. The van der Waals surface area contributed by atoms with Crippen molar-refractivity contribution in [1.29, 1.82) is 0 Å². The van der Waals surface area contributed by atoms with Crippen LogP contribution in [-0.4, -0.2) is 41.6 Å². The zero-order valence-corrected chi connectivity index (χ0v) is 7.19. The number of carbonyl (C=O) groups is 2. The molecule has 0 aromatic carbocycles. The highest BCUT2D eigenvalue weighted by Crippen LogP contribution is 2.27. The van der Waals surface area contributed by atoms with E-state index in [0.29, 0.717) is 26.1 Å². The van der Waals surface area contributed by atoms with Crippen molar-refractivity contribution >= 4 is 12.0 Å². The van der Waals surface area contributed by atoms with Crippen LogP contribution in [0.1, 0.15) is 6.42 Å². The monoisotopic (exact) mass is 184 g/mol. The van der Waals surface area contributed by atoms with E-state index < -0.39 is 6.09 Å². The predicted octanol–water partition coefficient (Wildman–Crippen LogP) is -0.268. The number of piperidine rings is 1. The van der Waals surface area contributed by atoms with E-state index in [1.165, 1.54) is 4.90 Å². The van der Waals surface area contributed by atoms with E-state index in [2.05, 4.69) is 5.32 Å². The van der Waals surface area contributed by atoms with Crippen molar-refractivity contribution in [2.45, 2.75) is 6.42 Å². The molecule has 0 radical (unpaired) electrons. The molecule has 0 aliphatic carbocycles. The molecule has 2 fully saturated rings. The Bertz CT molecular complexity index is 254. The van der Waals surface area contributed by atoms with Crippen LogP contribution < -0.4 is 5.32 Å². The van der Waals surface area contributed by atoms with Crippen LogP contribution in [0.5, 0.6) is 0 Å². The van der Waals surface area contributed by atoms with E-state index in [1.54, 1.807) is 0 Å². The van der Waals surface area contributed by atoms with Crippen molar-refractivity contribution in [1.82, 2.24) is 10.2 Å². The fraction of sp³-hybridized carbons (Fsp3) is 0.750. The zero-order chi connectivity index (χ0) is 9.42. The predicted molar refractivity (Wildman–Crippen MR) is 44.2 cm³/mol. The van der Waals surface area contributed by atoms with Gasteiger partial charge in [0.15, 0.2) is 0 Å². The van der Waals surface area contributed by atoms with E-state index in [-0.39, 0.29) is 17.7 Å². The summed E-state index contributed by atoms with van der Waals surface area (Å²) < 4.78 is 0. The molecule has 0 bridgehead atoms. The number of nitrogens with zero attached hydrogens (tertiary/aromatic N) is 1. The lowest BCUT2D eigenvalue weighted by Gasteiger charge is -2.31. The van der Waals surface area contributed by atoms with E-state index in [0.717, 1.165) is 0 Å². The van der Waals surface area contributed by atoms with Gasteiger partial charge in [0.25, 0.3) is 0 Å². The first-order chi connectivity index (χ1) is 6.18. The second-order valence-electron chi connectivity index (χ2n) is 3.63. The molecule has 2 aliphatic heterocycles. The molecule has 2 heterocycles. The molecule has 2 saturated heterocycles. The van der Waals surface area contributed by atoms with E-state index in [9.17, 15) is 9.59 Å². The first-order valence-corrected chi connectivity index (χ1v) is 4.44. The van der Waals surface area contributed by atoms with Gasteiger partial charge in [-0.05, 0) is 6.42 Å². The Hall–Kier alpha value is -1.26. The maximum Gasteiger partial charge on any atom is 0.407 e. The average molecular weight is 184 g/mol. The van der Waals surface area contributed by atoms with Crippen LogP contribution in [0, 0.1) is 11.8 Å². The van der Waals surface area contributed by atoms with Crippen molar-refractivity contribution in [3.8, 4) is 0 Å². The number of nitrogens with one attached hydrogen (secondary N) is 1. The Morgan fingerprint density at radius 3 is 3.08 bits per heavy atom. The van der Waals surface area contributed by atoms with Gasteiger partial charge in [-0.1, -0.05) is 0 Å². The van der Waals surface area contributed by atoms with E-state index in [4.69, 9.17) is 5.11 Å². The summed E-state index contributed by atoms with van der Waals surface area (Å²) in [7, 11) is 0. The van der Waals surface area contributed by atoms with Crippen LogP contribution in [0.15, 0.2) is 0 Å². The third-order valence-corrected chi connectivity index (χ3v) is 2.88. The number of carboxylic acid groups (broad SMARTS) is 1. The number of hydrogen-bond donors (Lipinski definition) is 2. The Labute approximate surface area is 75.7 Å². The molecule has 0 aromatic rings. The molecule has 13 heavy (non-hydrogen) atoms. The maximum atomic E-state index is 11.2. The molecule has 2 N–H and O–H groups in total. The number of hydrogen-bond acceptors (Lipinski definition) is 2. The topological polar surface area (TPSA) is 69.6 Å². The second kappa shape index (κ2) is 2.90. The quantitative estimate of drug-likeness (QED) is 0.544. The van der Waals surface area contributed by atoms with Gasteiger partial charge in [0, 0.05) is 31.5 Å². The number of carbonyl (C=O) groups excluding carboxylic acids is 1. The van der Waals surface area contributed by atoms with Gasteiger partial charge in [0.1, 0.15) is 0 Å². The first-order valence-electron chi connectivity index (χ1n) is 4.44. The number of amides is 2. The minimum absolute atomic E-state index is 0.0515. The van der Waals surface area contributed by atoms with E-state index >= 15 is 0 Å². The highest BCUT2D eigenvalue weighted by molar-refractivity contribution is 5.81. The van der Waals surface area contributed by atoms with E-state index in [1.807, 2.05) is 0 Å². The summed E-state index contributed by atoms with van der Waals surface area (Å²) in [6.45, 7) is 1.62. The maximum absolute atomic E-state index is 11.2. The lowest BCUT2D eigenvalue weighted by molar-refractivity contribution is -0.123. The molecule has 2 rings (SSSR count). The van der Waals surface area contributed by atoms with Crippen LogP contribution in [0.4, 0.5) is 4.79 Å². The van der Waals surface area contributed by atoms with Crippen molar-refractivity contribution in [3.05, 3.63) is 0 Å². The molecule has 0 unspecified atom stereocenters. The molecule has 0 saturated carbocycles. The highest BCUT2D eigenvalue weighted by Gasteiger charge is 2.39. The summed E-state index contributed by atoms with van der Waals surface area (Å²) in [5.74, 6) is 0.336. The van der Waals surface area contributed by atoms with Crippen molar-refractivity contribution in [2.75, 3.05) is 19.6 Å². The normalized spacial score (nSPS) is 32.6. The van der Waals surface area contributed by atoms with Crippen LogP contribution in [0.3, 0.4) is 0 Å². The third-order valence-electron chi connectivity index (χ3n) is 2.88. The summed E-state index contributed by atoms with van der Waals surface area (Å²) in [5.41, 5.74) is 0. The lowest BCUT2D eigenvalue weighted by atomic mass is 9.88. The Morgan fingerprint density at radius 2 is 2.38 bits per heavy atom. The van der Waals surface area contributed by atoms with Gasteiger partial charge in [-0.25, -0.2) is 4.79 Å². The van der Waals surface area contributed by atoms with Crippen LogP contribution in [-0.2, 0) is 4.79 Å². The standard InChI is InChI=1S/C8H12N2O3/c11-7-6-1-2-10(8(12)13)4-5(6)3-9-7/h5-6H,1-4H2,(H,9,11)(H,12,13)/t5-,6+/m1/s1. The molecule has 0 aromatic heterocycles. The second-order valence-corrected chi connectivity index (χ2v) is 3.63. The summed E-state index contributed by atoms with van der Waals surface area (Å²) >= 11 is 0. The van der Waals surface area contributed by atoms with Gasteiger partial charge in [-0.3, -0.25) is 4.79 Å². The Balaban J connectivity index is 2.03. The number of fused-ring (bicyclic) bond motifs is 1. The van der Waals surface area contributed by atoms with Gasteiger partial charge in [0.05, 0.1) is 0 Å². The SMILES string of the molecule is O=C1NC[C@@H]2CN(C(=O)O)CC[C@H]12. The van der Waals surface area contributed by atoms with Crippen molar-refractivity contribution in [3.63, 3.8) is 0 Å². The fourth-order valence-corrected chi connectivity index (χ4v) is 2.12. The molecular weight excluding hydrogens is 172 g/mol. The molecule has 5 heteroatoms. The summed E-state index contributed by atoms with van der Waals surface area (Å²) in [6.07, 6.45) is -0.208. The molecule has 5 nitrogen and oxygen atoms in total. The van der Waals surface area contributed by atoms with Crippen LogP contribution in [0.25, 0.3) is 0 Å². The van der Waals surface area contributed by atoms with Gasteiger partial charge >= 0.3 is 6.09 Å². The molecule has 0 spiro atoms. The number of rotatable bonds is 0. The van der Waals surface area contributed by atoms with Gasteiger partial charge in [0.2, 0.25) is 5.91 Å². The Kier molecular flexibility index (Phi) is 1.86. The van der Waals surface area contributed by atoms with Crippen LogP contribution in [0.2, 0.25) is 0 Å². The average Bonchev–Trinajstić information content (AvgIpc) is 2.47. The van der Waals surface area contributed by atoms with Crippen LogP contribution >= 0.6 is 0 Å². The van der Waals surface area contributed by atoms with Crippen molar-refractivity contribution in [2.24, 2.45) is 11.8 Å². The third kappa shape index (κ3) is 1.34. The highest BCUT2D eigenvalue weighted by atomic mass is 16.4. The molecule has 72 valence electrons. The fourth-order valence-electron chi connectivity index (χ4n) is 2.12. The molecule has 2 aliphatic rings. The minimum atomic E-state index is -0.877. The Morgan fingerprint density at radius 1 is 1.62 bits per heavy atom. The molecule has 2 atom stereocenters. The summed E-state index contributed by atoms with van der Waals surface area (Å²) in [5, 5.41) is 11.5. The van der Waals surface area contributed by atoms with Gasteiger partial charge in [-0.2, -0.15) is 0 Å². The van der Waals surface area contributed by atoms with Gasteiger partial charge in [-0.15, -0.1) is 0 Å². The number of likely N-dealkylation sites (tertiary alicyclic amines) is 1. The summed E-state index contributed by atoms with van der Waals surface area (Å²) in [4.78, 5) is 23.2. The summed E-state index contributed by atoms with van der Waals surface area (Å²) in [6, 6.07) is 0. The minimum Gasteiger partial charge on any atom is -0.465 e. The van der Waals surface area contributed by atoms with Crippen molar-refractivity contribution < 1.29 is 14.7 Å².